The summed E-state index contributed by atoms with van der Waals surface area (Å²) in [7, 11) is 0. The number of alkyl halides is 5. The van der Waals surface area contributed by atoms with Crippen molar-refractivity contribution in [1.82, 2.24) is 0 Å². The second kappa shape index (κ2) is 6.64. The molecule has 4 nitrogen and oxygen atoms in total. The molecule has 1 N–H and O–H groups in total. The molecule has 1 aromatic rings. The van der Waals surface area contributed by atoms with Crippen molar-refractivity contribution in [2.75, 3.05) is 0 Å². The number of rotatable bonds is 4. The first-order chi connectivity index (χ1) is 11.8. The van der Waals surface area contributed by atoms with Gasteiger partial charge in [0.25, 0.3) is 0 Å². The fourth-order valence-corrected chi connectivity index (χ4v) is 3.21. The molecule has 4 unspecified atom stereocenters. The fraction of sp³-hybridized carbons (Fsp3) is 0.562. The van der Waals surface area contributed by atoms with Gasteiger partial charge in [0.15, 0.2) is 11.7 Å². The van der Waals surface area contributed by atoms with Crippen molar-refractivity contribution in [3.05, 3.63) is 29.1 Å². The van der Waals surface area contributed by atoms with Crippen LogP contribution in [0.3, 0.4) is 0 Å². The van der Waals surface area contributed by atoms with E-state index in [4.69, 9.17) is 4.74 Å². The molecule has 0 radical (unpaired) electrons. The molecular formula is C16H16F6O4. The molecule has 26 heavy (non-hydrogen) atoms. The maximum atomic E-state index is 13.7. The zero-order valence-corrected chi connectivity index (χ0v) is 13.9. The van der Waals surface area contributed by atoms with Gasteiger partial charge < -0.3 is 14.6 Å². The summed E-state index contributed by atoms with van der Waals surface area (Å²) in [6.07, 6.45) is -6.88. The molecule has 1 aromatic carbocycles. The zero-order chi connectivity index (χ0) is 20.0. The van der Waals surface area contributed by atoms with Gasteiger partial charge in [-0.3, -0.25) is 0 Å². The van der Waals surface area contributed by atoms with Crippen molar-refractivity contribution in [3.63, 3.8) is 0 Å². The van der Waals surface area contributed by atoms with E-state index in [9.17, 15) is 36.2 Å². The summed E-state index contributed by atoms with van der Waals surface area (Å²) in [6, 6.07) is 1.81. The average molecular weight is 386 g/mol. The maximum Gasteiger partial charge on any atom is 0.417 e. The number of carbonyl (C=O) groups is 1. The van der Waals surface area contributed by atoms with Crippen LogP contribution in [0.2, 0.25) is 0 Å². The lowest BCUT2D eigenvalue weighted by Gasteiger charge is -2.32. The summed E-state index contributed by atoms with van der Waals surface area (Å²) in [5.41, 5.74) is -3.47. The SMILES string of the molecule is Cc1c(F)ccc(C2C(C(=O)O)OC(C)(C(F)(F)F)C2C)c1OC(F)F. The van der Waals surface area contributed by atoms with Gasteiger partial charge in [0.1, 0.15) is 11.6 Å². The number of carboxylic acids is 1. The van der Waals surface area contributed by atoms with Crippen molar-refractivity contribution in [3.8, 4) is 5.75 Å². The smallest absolute Gasteiger partial charge is 0.417 e. The van der Waals surface area contributed by atoms with Crippen LogP contribution in [0.25, 0.3) is 0 Å². The molecule has 146 valence electrons. The Labute approximate surface area is 144 Å². The number of hydrogen-bond donors (Lipinski definition) is 1. The van der Waals surface area contributed by atoms with Gasteiger partial charge in [-0.05, 0) is 19.9 Å². The van der Waals surface area contributed by atoms with Crippen LogP contribution in [0.5, 0.6) is 5.75 Å². The summed E-state index contributed by atoms with van der Waals surface area (Å²) in [5.74, 6) is -6.24. The zero-order valence-electron chi connectivity index (χ0n) is 13.9. The van der Waals surface area contributed by atoms with Crippen LogP contribution in [-0.4, -0.2) is 35.6 Å². The Kier molecular flexibility index (Phi) is 5.19. The molecule has 1 saturated heterocycles. The van der Waals surface area contributed by atoms with Gasteiger partial charge in [-0.2, -0.15) is 22.0 Å². The Morgan fingerprint density at radius 1 is 1.35 bits per heavy atom. The second-order valence-electron chi connectivity index (χ2n) is 6.27. The minimum atomic E-state index is -4.91. The first-order valence-corrected chi connectivity index (χ1v) is 7.52. The molecule has 4 atom stereocenters. The molecule has 1 aliphatic rings. The Morgan fingerprint density at radius 2 is 1.92 bits per heavy atom. The highest BCUT2D eigenvalue weighted by atomic mass is 19.4. The largest absolute Gasteiger partial charge is 0.479 e. The molecule has 0 bridgehead atoms. The van der Waals surface area contributed by atoms with Gasteiger partial charge >= 0.3 is 18.8 Å². The highest BCUT2D eigenvalue weighted by Crippen LogP contribution is 2.55. The number of benzene rings is 1. The minimum Gasteiger partial charge on any atom is -0.479 e. The number of halogens is 6. The van der Waals surface area contributed by atoms with E-state index in [2.05, 4.69) is 4.74 Å². The first kappa shape index (κ1) is 20.3. The summed E-state index contributed by atoms with van der Waals surface area (Å²) < 4.78 is 88.6. The third-order valence-corrected chi connectivity index (χ3v) is 4.85. The normalized spacial score (nSPS) is 29.2. The van der Waals surface area contributed by atoms with Crippen LogP contribution in [0.1, 0.15) is 30.9 Å². The van der Waals surface area contributed by atoms with Crippen molar-refractivity contribution < 1.29 is 45.7 Å². The maximum absolute atomic E-state index is 13.7. The van der Waals surface area contributed by atoms with E-state index < -0.39 is 53.9 Å². The highest BCUT2D eigenvalue weighted by molar-refractivity contribution is 5.75. The van der Waals surface area contributed by atoms with Crippen LogP contribution >= 0.6 is 0 Å². The van der Waals surface area contributed by atoms with Crippen molar-refractivity contribution in [1.29, 1.82) is 0 Å². The molecular weight excluding hydrogens is 370 g/mol. The third kappa shape index (κ3) is 3.22. The summed E-state index contributed by atoms with van der Waals surface area (Å²) in [6.45, 7) is -0.469. The van der Waals surface area contributed by atoms with E-state index in [0.29, 0.717) is 6.92 Å². The standard InChI is InChI=1S/C16H16F6O4/c1-6-9(17)5-4-8(11(6)25-14(18)19)10-7(2)15(3,16(20,21)22)26-12(10)13(23)24/h4-5,7,10,12,14H,1-3H3,(H,23,24). The molecule has 10 heteroatoms. The predicted octanol–water partition coefficient (Wildman–Crippen LogP) is 4.26. The molecule has 1 aliphatic heterocycles. The topological polar surface area (TPSA) is 55.8 Å². The Morgan fingerprint density at radius 3 is 2.38 bits per heavy atom. The summed E-state index contributed by atoms with van der Waals surface area (Å²) in [5, 5.41) is 9.30. The van der Waals surface area contributed by atoms with E-state index in [1.807, 2.05) is 0 Å². The van der Waals surface area contributed by atoms with Crippen LogP contribution < -0.4 is 4.74 Å². The van der Waals surface area contributed by atoms with Gasteiger partial charge in [0.2, 0.25) is 0 Å². The molecule has 0 aliphatic carbocycles. The van der Waals surface area contributed by atoms with Crippen molar-refractivity contribution in [2.24, 2.45) is 5.92 Å². The molecule has 0 aromatic heterocycles. The van der Waals surface area contributed by atoms with Crippen LogP contribution in [0, 0.1) is 18.7 Å². The Hall–Kier alpha value is -1.97. The van der Waals surface area contributed by atoms with Crippen molar-refractivity contribution in [2.45, 2.75) is 51.2 Å². The molecule has 2 rings (SSSR count). The number of aliphatic carboxylic acids is 1. The monoisotopic (exact) mass is 386 g/mol. The molecule has 1 fully saturated rings. The van der Waals surface area contributed by atoms with Gasteiger partial charge in [-0.15, -0.1) is 0 Å². The highest BCUT2D eigenvalue weighted by Gasteiger charge is 2.66. The van der Waals surface area contributed by atoms with E-state index in [1.54, 1.807) is 0 Å². The summed E-state index contributed by atoms with van der Waals surface area (Å²) >= 11 is 0. The quantitative estimate of drug-likeness (QED) is 0.786. The first-order valence-electron chi connectivity index (χ1n) is 7.52. The molecule has 0 spiro atoms. The van der Waals surface area contributed by atoms with E-state index in [1.165, 1.54) is 0 Å². The van der Waals surface area contributed by atoms with E-state index >= 15 is 0 Å². The number of ether oxygens (including phenoxy) is 2. The van der Waals surface area contributed by atoms with Crippen molar-refractivity contribution >= 4 is 5.97 Å². The van der Waals surface area contributed by atoms with Crippen LogP contribution in [0.15, 0.2) is 12.1 Å². The lowest BCUT2D eigenvalue weighted by Crippen LogP contribution is -2.47. The van der Waals surface area contributed by atoms with E-state index in [0.717, 1.165) is 26.0 Å². The lowest BCUT2D eigenvalue weighted by atomic mass is 9.76. The molecule has 1 heterocycles. The second-order valence-corrected chi connectivity index (χ2v) is 6.27. The third-order valence-electron chi connectivity index (χ3n) is 4.85. The number of carboxylic acid groups (broad SMARTS) is 1. The van der Waals surface area contributed by atoms with E-state index in [-0.39, 0.29) is 11.1 Å². The summed E-state index contributed by atoms with van der Waals surface area (Å²) in [4.78, 5) is 11.5. The van der Waals surface area contributed by atoms with Gasteiger partial charge in [-0.1, -0.05) is 13.0 Å². The Balaban J connectivity index is 2.65. The number of hydrogen-bond acceptors (Lipinski definition) is 3. The minimum absolute atomic E-state index is 0.280. The Bertz CT molecular complexity index is 705. The molecule has 0 saturated carbocycles. The van der Waals surface area contributed by atoms with Crippen LogP contribution in [0.4, 0.5) is 26.3 Å². The van der Waals surface area contributed by atoms with Gasteiger partial charge in [0.05, 0.1) is 0 Å². The average Bonchev–Trinajstić information content (AvgIpc) is 2.77. The van der Waals surface area contributed by atoms with Gasteiger partial charge in [0, 0.05) is 23.0 Å². The predicted molar refractivity (Wildman–Crippen MR) is 76.6 cm³/mol. The lowest BCUT2D eigenvalue weighted by molar-refractivity contribution is -0.273. The van der Waals surface area contributed by atoms with Crippen LogP contribution in [-0.2, 0) is 9.53 Å². The molecule has 0 amide bonds. The van der Waals surface area contributed by atoms with Gasteiger partial charge in [-0.25, -0.2) is 9.18 Å². The fourth-order valence-electron chi connectivity index (χ4n) is 3.21.